The first-order valence-corrected chi connectivity index (χ1v) is 15.7. The van der Waals surface area contributed by atoms with Crippen molar-refractivity contribution in [2.75, 3.05) is 12.0 Å². The van der Waals surface area contributed by atoms with Crippen LogP contribution in [0.15, 0.2) is 0 Å². The quantitative estimate of drug-likeness (QED) is 0.174. The van der Waals surface area contributed by atoms with E-state index < -0.39 is 20.6 Å². The lowest BCUT2D eigenvalue weighted by atomic mass is 10.1. The Morgan fingerprint density at radius 2 is 0.794 bits per heavy atom. The Hall–Kier alpha value is 0.490. The third kappa shape index (κ3) is 105. The van der Waals surface area contributed by atoms with E-state index in [2.05, 4.69) is 0 Å². The van der Waals surface area contributed by atoms with E-state index in [0.29, 0.717) is 12.2 Å². The topological polar surface area (TPSA) is 219 Å². The molecule has 0 rings (SSSR count). The van der Waals surface area contributed by atoms with Crippen LogP contribution in [0.5, 0.6) is 0 Å². The van der Waals surface area contributed by atoms with Crippen LogP contribution in [-0.4, -0.2) is 59.1 Å². The van der Waals surface area contributed by atoms with Gasteiger partial charge in [-0.25, -0.2) is 0 Å². The van der Waals surface area contributed by atoms with Crippen LogP contribution in [0.25, 0.3) is 0 Å². The minimum Gasteiger partial charge on any atom is -0.326 e. The van der Waals surface area contributed by atoms with Crippen LogP contribution < -0.4 is 22.9 Å². The first kappa shape index (κ1) is 44.5. The minimum atomic E-state index is -4.71. The lowest BCUT2D eigenvalue weighted by Gasteiger charge is -2.18. The molecule has 0 saturated carbocycles. The summed E-state index contributed by atoms with van der Waals surface area (Å²) in [5.41, 5.74) is 21.4. The number of nitrogens with two attached hydrogens (primary N) is 4. The van der Waals surface area contributed by atoms with Gasteiger partial charge in [0.05, 0.1) is 0 Å². The van der Waals surface area contributed by atoms with Gasteiger partial charge in [-0.15, -0.1) is 0 Å². The predicted octanol–water partition coefficient (Wildman–Crippen LogP) is 3.79. The van der Waals surface area contributed by atoms with Gasteiger partial charge in [-0.05, 0) is 108 Å². The smallest absolute Gasteiger partial charge is 0.326 e. The van der Waals surface area contributed by atoms with Crippen molar-refractivity contribution in [3.63, 3.8) is 0 Å². The second-order valence-corrected chi connectivity index (χ2v) is 17.3. The highest BCUT2D eigenvalue weighted by atomic mass is 32.2. The molecule has 0 aromatic heterocycles. The standard InChI is InChI=1S/C5H14O6P2S.4C4H11N/c1-14-4-2-3-5(12(6,7)8)13(9,10)11;4*1-4(2,3)5/h5H,2-4H2,1H3,(H2,6,7,8)(H2,9,10,11);4*5H2,1-3H3. The Bertz CT molecular complexity index is 478. The molecule has 0 unspecified atom stereocenters. The van der Waals surface area contributed by atoms with Crippen LogP contribution >= 0.6 is 27.0 Å². The molecule has 0 heterocycles. The van der Waals surface area contributed by atoms with E-state index in [1.807, 2.05) is 89.3 Å². The van der Waals surface area contributed by atoms with Crippen LogP contribution in [0.2, 0.25) is 0 Å². The van der Waals surface area contributed by atoms with E-state index >= 15 is 0 Å². The molecule has 12 N–H and O–H groups in total. The maximum Gasteiger partial charge on any atom is 0.340 e. The van der Waals surface area contributed by atoms with E-state index in [1.165, 1.54) is 11.8 Å². The molecule has 0 atom stereocenters. The summed E-state index contributed by atoms with van der Waals surface area (Å²) in [6.45, 7) is 23.6. The Balaban J connectivity index is -0.000000116. The molecular weight excluding hydrogens is 498 g/mol. The number of rotatable bonds is 6. The molecule has 0 saturated heterocycles. The average molecular weight is 557 g/mol. The summed E-state index contributed by atoms with van der Waals surface area (Å²) >= 11 is 1.46. The molecule has 0 aliphatic carbocycles. The minimum absolute atomic E-state index is 0. The highest BCUT2D eigenvalue weighted by Crippen LogP contribution is 2.61. The number of hydrogen-bond acceptors (Lipinski definition) is 7. The highest BCUT2D eigenvalue weighted by molar-refractivity contribution is 7.98. The molecule has 0 fully saturated rings. The second-order valence-electron chi connectivity index (χ2n) is 12.3. The van der Waals surface area contributed by atoms with Crippen molar-refractivity contribution in [3.8, 4) is 0 Å². The number of thioether (sulfide) groups is 1. The van der Waals surface area contributed by atoms with Crippen LogP contribution in [0.4, 0.5) is 0 Å². The SMILES string of the molecule is CC(C)(C)N.CC(C)(C)N.CC(C)(C)N.CC(C)(C)N.CSCCCC(P(=O)(O)O)P(=O)(O)O. The summed E-state index contributed by atoms with van der Waals surface area (Å²) in [7, 11) is -9.42. The maximum atomic E-state index is 10.8. The van der Waals surface area contributed by atoms with Crippen molar-refractivity contribution in [3.05, 3.63) is 0 Å². The largest absolute Gasteiger partial charge is 0.340 e. The van der Waals surface area contributed by atoms with Gasteiger partial charge in [0.2, 0.25) is 0 Å². The fourth-order valence-electron chi connectivity index (χ4n) is 0.943. The molecule has 0 aliphatic rings. The lowest BCUT2D eigenvalue weighted by Crippen LogP contribution is -2.26. The molecule has 214 valence electrons. The molecule has 13 heteroatoms. The lowest BCUT2D eigenvalue weighted by molar-refractivity contribution is 0.335. The Morgan fingerprint density at radius 3 is 0.912 bits per heavy atom. The Kier molecular flexibility index (Phi) is 24.5. The number of hydrogen-bond donors (Lipinski definition) is 8. The van der Waals surface area contributed by atoms with Gasteiger partial charge in [0.25, 0.3) is 0 Å². The summed E-state index contributed by atoms with van der Waals surface area (Å²) in [6, 6.07) is 0. The molecule has 0 bridgehead atoms. The summed E-state index contributed by atoms with van der Waals surface area (Å²) < 4.78 is 21.5. The van der Waals surface area contributed by atoms with Crippen molar-refractivity contribution in [2.45, 2.75) is 123 Å². The zero-order chi connectivity index (χ0) is 29.4. The maximum absolute atomic E-state index is 10.8. The van der Waals surface area contributed by atoms with Gasteiger partial charge in [0.1, 0.15) is 0 Å². The van der Waals surface area contributed by atoms with Crippen LogP contribution in [0.3, 0.4) is 0 Å². The van der Waals surface area contributed by atoms with Gasteiger partial charge in [-0.1, -0.05) is 0 Å². The van der Waals surface area contributed by atoms with Crippen molar-refractivity contribution >= 4 is 27.0 Å². The van der Waals surface area contributed by atoms with E-state index in [0.717, 1.165) is 0 Å². The molecule has 0 aromatic rings. The normalized spacial score (nSPS) is 12.6. The van der Waals surface area contributed by atoms with Crippen molar-refractivity contribution in [2.24, 2.45) is 22.9 Å². The van der Waals surface area contributed by atoms with Gasteiger partial charge >= 0.3 is 15.2 Å². The Morgan fingerprint density at radius 1 is 0.618 bits per heavy atom. The average Bonchev–Trinajstić information content (AvgIpc) is 2.32. The van der Waals surface area contributed by atoms with Gasteiger partial charge in [0, 0.05) is 22.2 Å². The molecular formula is C21H58N4O6P2S. The third-order valence-corrected chi connectivity index (χ3v) is 6.16. The van der Waals surface area contributed by atoms with Gasteiger partial charge in [0.15, 0.2) is 5.40 Å². The first-order chi connectivity index (χ1) is 14.2. The summed E-state index contributed by atoms with van der Waals surface area (Å²) in [5, 5.41) is -1.85. The molecule has 34 heavy (non-hydrogen) atoms. The zero-order valence-electron chi connectivity index (χ0n) is 23.9. The van der Waals surface area contributed by atoms with Gasteiger partial charge in [-0.3, -0.25) is 9.13 Å². The molecule has 10 nitrogen and oxygen atoms in total. The molecule has 0 aromatic carbocycles. The molecule has 0 radical (unpaired) electrons. The van der Waals surface area contributed by atoms with Crippen LogP contribution in [0, 0.1) is 0 Å². The highest BCUT2D eigenvalue weighted by Gasteiger charge is 2.42. The molecule has 0 aliphatic heterocycles. The van der Waals surface area contributed by atoms with Crippen molar-refractivity contribution < 1.29 is 28.7 Å². The predicted molar refractivity (Wildman–Crippen MR) is 151 cm³/mol. The fourth-order valence-corrected chi connectivity index (χ4v) is 4.00. The first-order valence-electron chi connectivity index (χ1n) is 10.9. The zero-order valence-corrected chi connectivity index (χ0v) is 26.5. The van der Waals surface area contributed by atoms with Gasteiger partial charge < -0.3 is 42.5 Å². The van der Waals surface area contributed by atoms with E-state index in [1.54, 1.807) is 0 Å². The molecule has 0 spiro atoms. The second kappa shape index (κ2) is 18.7. The van der Waals surface area contributed by atoms with Gasteiger partial charge in [-0.2, -0.15) is 11.8 Å². The van der Waals surface area contributed by atoms with E-state index in [-0.39, 0.29) is 28.6 Å². The summed E-state index contributed by atoms with van der Waals surface area (Å²) in [5.74, 6) is 0.622. The van der Waals surface area contributed by atoms with E-state index in [4.69, 9.17) is 42.5 Å². The van der Waals surface area contributed by atoms with Crippen LogP contribution in [-0.2, 0) is 9.13 Å². The van der Waals surface area contributed by atoms with Crippen LogP contribution in [0.1, 0.15) is 95.9 Å². The van der Waals surface area contributed by atoms with Crippen molar-refractivity contribution in [1.82, 2.24) is 0 Å². The summed E-state index contributed by atoms with van der Waals surface area (Å²) in [6.07, 6.45) is 2.03. The monoisotopic (exact) mass is 556 g/mol. The third-order valence-electron chi connectivity index (χ3n) is 1.59. The Labute approximate surface area is 214 Å². The van der Waals surface area contributed by atoms with E-state index in [9.17, 15) is 9.13 Å². The van der Waals surface area contributed by atoms with Crippen molar-refractivity contribution in [1.29, 1.82) is 0 Å². The fraction of sp³-hybridized carbons (Fsp3) is 1.00. The molecule has 0 amide bonds. The summed E-state index contributed by atoms with van der Waals surface area (Å²) in [4.78, 5) is 34.9.